The lowest BCUT2D eigenvalue weighted by molar-refractivity contribution is -0.360. The second-order valence-corrected chi connectivity index (χ2v) is 4.23. The molecule has 0 aliphatic carbocycles. The molecule has 0 spiro atoms. The highest BCUT2D eigenvalue weighted by atomic mass is 19.4. The molecular weight excluding hydrogens is 350 g/mol. The second-order valence-electron chi connectivity index (χ2n) is 4.23. The van der Waals surface area contributed by atoms with Gasteiger partial charge in [-0.1, -0.05) is 6.07 Å². The molecule has 0 aliphatic rings. The van der Waals surface area contributed by atoms with Crippen LogP contribution in [0.3, 0.4) is 0 Å². The zero-order chi connectivity index (χ0) is 18.3. The van der Waals surface area contributed by atoms with Gasteiger partial charge in [0.2, 0.25) is 0 Å². The number of hydrogen-bond acceptors (Lipinski definition) is 2. The number of nitrogens with zero attached hydrogens (tertiary/aromatic N) is 1. The predicted octanol–water partition coefficient (Wildman–Crippen LogP) is 4.29. The largest absolute Gasteiger partial charge is 0.460 e. The standard InChI is InChI=1S/C11H6F10N2/c12-8(13,10(17,18)11(19,20)21)7-3-5(4-23-22)1-2-6(7)9(14,15)16/h1-4H,22H2. The van der Waals surface area contributed by atoms with Gasteiger partial charge in [0.15, 0.2) is 0 Å². The van der Waals surface area contributed by atoms with E-state index < -0.39 is 40.9 Å². The van der Waals surface area contributed by atoms with Crippen LogP contribution in [0.2, 0.25) is 0 Å². The van der Waals surface area contributed by atoms with Crippen LogP contribution in [0.5, 0.6) is 0 Å². The van der Waals surface area contributed by atoms with Gasteiger partial charge in [0, 0.05) is 5.56 Å². The molecule has 1 aromatic carbocycles. The summed E-state index contributed by atoms with van der Waals surface area (Å²) in [6.07, 6.45) is -11.8. The lowest BCUT2D eigenvalue weighted by Gasteiger charge is -2.30. The molecule has 0 heterocycles. The predicted molar refractivity (Wildman–Crippen MR) is 58.1 cm³/mol. The van der Waals surface area contributed by atoms with E-state index in [1.165, 1.54) is 0 Å². The molecule has 0 saturated carbocycles. The number of halogens is 10. The SMILES string of the molecule is NN=Cc1ccc(C(F)(F)F)c(C(F)(F)C(F)(F)C(F)(F)F)c1. The monoisotopic (exact) mass is 356 g/mol. The van der Waals surface area contributed by atoms with Crippen molar-refractivity contribution in [2.24, 2.45) is 10.9 Å². The number of hydrogen-bond donors (Lipinski definition) is 1. The van der Waals surface area contributed by atoms with Crippen molar-refractivity contribution in [3.8, 4) is 0 Å². The summed E-state index contributed by atoms with van der Waals surface area (Å²) in [7, 11) is 0. The molecule has 0 amide bonds. The smallest absolute Gasteiger partial charge is 0.323 e. The Morgan fingerprint density at radius 3 is 1.74 bits per heavy atom. The van der Waals surface area contributed by atoms with Crippen molar-refractivity contribution in [3.05, 3.63) is 34.9 Å². The van der Waals surface area contributed by atoms with E-state index in [1.54, 1.807) is 0 Å². The molecule has 2 nitrogen and oxygen atoms in total. The highest BCUT2D eigenvalue weighted by Crippen LogP contribution is 2.54. The first-order valence-electron chi connectivity index (χ1n) is 5.43. The number of benzene rings is 1. The topological polar surface area (TPSA) is 38.4 Å². The minimum absolute atomic E-state index is 0.0628. The van der Waals surface area contributed by atoms with Crippen LogP contribution in [0.4, 0.5) is 43.9 Å². The number of hydrazone groups is 1. The Labute approximate surface area is 121 Å². The minimum Gasteiger partial charge on any atom is -0.323 e. The Kier molecular flexibility index (Phi) is 4.61. The first-order chi connectivity index (χ1) is 10.2. The average molecular weight is 356 g/mol. The molecule has 0 radical (unpaired) electrons. The van der Waals surface area contributed by atoms with Gasteiger partial charge in [0.25, 0.3) is 0 Å². The van der Waals surface area contributed by atoms with Crippen LogP contribution in [0, 0.1) is 0 Å². The highest BCUT2D eigenvalue weighted by molar-refractivity contribution is 5.80. The third-order valence-corrected chi connectivity index (χ3v) is 2.66. The van der Waals surface area contributed by atoms with Crippen LogP contribution in [0.25, 0.3) is 0 Å². The lowest BCUT2D eigenvalue weighted by Crippen LogP contribution is -2.50. The molecule has 0 unspecified atom stereocenters. The summed E-state index contributed by atoms with van der Waals surface area (Å²) in [6, 6.07) is 0.288. The Bertz CT molecular complexity index is 600. The molecule has 130 valence electrons. The van der Waals surface area contributed by atoms with Crippen LogP contribution >= 0.6 is 0 Å². The summed E-state index contributed by atoms with van der Waals surface area (Å²) in [6.45, 7) is 0. The fourth-order valence-corrected chi connectivity index (χ4v) is 1.58. The summed E-state index contributed by atoms with van der Waals surface area (Å²) in [5.41, 5.74) is -5.49. The summed E-state index contributed by atoms with van der Waals surface area (Å²) >= 11 is 0. The zero-order valence-corrected chi connectivity index (χ0v) is 10.6. The average Bonchev–Trinajstić information content (AvgIpc) is 2.36. The number of nitrogens with two attached hydrogens (primary N) is 1. The fraction of sp³-hybridized carbons (Fsp3) is 0.364. The molecule has 0 aromatic heterocycles. The van der Waals surface area contributed by atoms with E-state index in [0.29, 0.717) is 12.3 Å². The van der Waals surface area contributed by atoms with Gasteiger partial charge in [0.05, 0.1) is 11.8 Å². The van der Waals surface area contributed by atoms with Crippen LogP contribution < -0.4 is 5.84 Å². The first kappa shape index (κ1) is 19.0. The lowest BCUT2D eigenvalue weighted by atomic mass is 9.94. The number of rotatable bonds is 3. The van der Waals surface area contributed by atoms with Gasteiger partial charge >= 0.3 is 24.2 Å². The van der Waals surface area contributed by atoms with Crippen LogP contribution in [0.15, 0.2) is 23.3 Å². The second kappa shape index (κ2) is 5.57. The maximum absolute atomic E-state index is 13.6. The third-order valence-electron chi connectivity index (χ3n) is 2.66. The normalized spacial score (nSPS) is 14.5. The third kappa shape index (κ3) is 3.34. The molecule has 0 fully saturated rings. The molecule has 23 heavy (non-hydrogen) atoms. The van der Waals surface area contributed by atoms with Crippen molar-refractivity contribution in [2.45, 2.75) is 24.2 Å². The summed E-state index contributed by atoms with van der Waals surface area (Å²) in [5.74, 6) is -8.27. The van der Waals surface area contributed by atoms with Crippen molar-refractivity contribution in [3.63, 3.8) is 0 Å². The van der Waals surface area contributed by atoms with E-state index in [-0.39, 0.29) is 12.1 Å². The molecule has 0 saturated heterocycles. The maximum Gasteiger partial charge on any atom is 0.460 e. The van der Waals surface area contributed by atoms with E-state index in [1.807, 2.05) is 0 Å². The van der Waals surface area contributed by atoms with E-state index >= 15 is 0 Å². The quantitative estimate of drug-likeness (QED) is 0.373. The van der Waals surface area contributed by atoms with Crippen LogP contribution in [-0.2, 0) is 12.1 Å². The van der Waals surface area contributed by atoms with Gasteiger partial charge in [-0.3, -0.25) is 0 Å². The van der Waals surface area contributed by atoms with Crippen molar-refractivity contribution in [2.75, 3.05) is 0 Å². The Balaban J connectivity index is 3.70. The molecular formula is C11H6F10N2. The van der Waals surface area contributed by atoms with Crippen LogP contribution in [0.1, 0.15) is 16.7 Å². The fourth-order valence-electron chi connectivity index (χ4n) is 1.58. The number of alkyl halides is 10. The summed E-state index contributed by atoms with van der Waals surface area (Å²) in [5, 5.41) is 2.77. The van der Waals surface area contributed by atoms with E-state index in [0.717, 1.165) is 0 Å². The molecule has 0 atom stereocenters. The Morgan fingerprint density at radius 2 is 1.35 bits per heavy atom. The maximum atomic E-state index is 13.6. The van der Waals surface area contributed by atoms with Gasteiger partial charge in [-0.25, -0.2) is 0 Å². The molecule has 1 aromatic rings. The summed E-state index contributed by atoms with van der Waals surface area (Å²) < 4.78 is 128. The molecule has 1 rings (SSSR count). The molecule has 0 aliphatic heterocycles. The van der Waals surface area contributed by atoms with Gasteiger partial charge in [-0.15, -0.1) is 0 Å². The zero-order valence-electron chi connectivity index (χ0n) is 10.6. The van der Waals surface area contributed by atoms with Gasteiger partial charge in [-0.05, 0) is 17.7 Å². The van der Waals surface area contributed by atoms with Gasteiger partial charge in [0.1, 0.15) is 0 Å². The van der Waals surface area contributed by atoms with Crippen LogP contribution in [-0.4, -0.2) is 18.3 Å². The van der Waals surface area contributed by atoms with E-state index in [9.17, 15) is 43.9 Å². The van der Waals surface area contributed by atoms with Gasteiger partial charge < -0.3 is 5.84 Å². The van der Waals surface area contributed by atoms with E-state index in [2.05, 4.69) is 10.9 Å². The molecule has 2 N–H and O–H groups in total. The first-order valence-corrected chi connectivity index (χ1v) is 5.43. The Hall–Kier alpha value is -2.01. The van der Waals surface area contributed by atoms with Crippen molar-refractivity contribution in [1.82, 2.24) is 0 Å². The van der Waals surface area contributed by atoms with E-state index in [4.69, 9.17) is 0 Å². The Morgan fingerprint density at radius 1 is 0.826 bits per heavy atom. The highest BCUT2D eigenvalue weighted by Gasteiger charge is 2.74. The molecule has 0 bridgehead atoms. The van der Waals surface area contributed by atoms with Gasteiger partial charge in [-0.2, -0.15) is 49.0 Å². The minimum atomic E-state index is -6.77. The van der Waals surface area contributed by atoms with Crippen molar-refractivity contribution < 1.29 is 43.9 Å². The summed E-state index contributed by atoms with van der Waals surface area (Å²) in [4.78, 5) is 0. The van der Waals surface area contributed by atoms with Crippen molar-refractivity contribution >= 4 is 6.21 Å². The molecule has 12 heteroatoms. The van der Waals surface area contributed by atoms with Crippen molar-refractivity contribution in [1.29, 1.82) is 0 Å².